The molecular formula is C17H12FN3O4S3. The average molecular weight is 437 g/mol. The van der Waals surface area contributed by atoms with E-state index in [0.29, 0.717) is 5.69 Å². The van der Waals surface area contributed by atoms with Crippen LogP contribution in [0, 0.1) is 5.82 Å². The molecule has 2 heterocycles. The monoisotopic (exact) mass is 437 g/mol. The Morgan fingerprint density at radius 3 is 2.75 bits per heavy atom. The van der Waals surface area contributed by atoms with E-state index < -0.39 is 30.1 Å². The quantitative estimate of drug-likeness (QED) is 0.567. The Kier molecular flexibility index (Phi) is 5.87. The third-order valence-electron chi connectivity index (χ3n) is 3.56. The number of thiocarbonyl (C=S) groups is 1. The summed E-state index contributed by atoms with van der Waals surface area (Å²) in [5.74, 6) is -2.68. The lowest BCUT2D eigenvalue weighted by Crippen LogP contribution is -2.33. The van der Waals surface area contributed by atoms with Crippen LogP contribution < -0.4 is 4.90 Å². The fourth-order valence-corrected chi connectivity index (χ4v) is 4.47. The first kappa shape index (κ1) is 20.1. The lowest BCUT2D eigenvalue weighted by atomic mass is 10.3. The van der Waals surface area contributed by atoms with Gasteiger partial charge in [0.25, 0.3) is 5.91 Å². The highest BCUT2D eigenvalue weighted by atomic mass is 32.2. The third-order valence-corrected chi connectivity index (χ3v) is 5.78. The zero-order valence-electron chi connectivity index (χ0n) is 14.3. The number of halogens is 1. The molecular weight excluding hydrogens is 425 g/mol. The number of hydrogen-bond acceptors (Lipinski definition) is 7. The van der Waals surface area contributed by atoms with Gasteiger partial charge in [-0.05, 0) is 18.2 Å². The molecule has 0 atom stereocenters. The van der Waals surface area contributed by atoms with E-state index in [-0.39, 0.29) is 20.0 Å². The van der Waals surface area contributed by atoms with Crippen molar-refractivity contribution < 1.29 is 23.9 Å². The molecule has 0 bridgehead atoms. The van der Waals surface area contributed by atoms with Crippen molar-refractivity contribution in [1.29, 1.82) is 0 Å². The first-order valence-electron chi connectivity index (χ1n) is 7.76. The summed E-state index contributed by atoms with van der Waals surface area (Å²) < 4.78 is 14.3. The smallest absolute Gasteiger partial charge is 0.323 e. The Morgan fingerprint density at radius 2 is 2.11 bits per heavy atom. The summed E-state index contributed by atoms with van der Waals surface area (Å²) in [6.45, 7) is 0.778. The SMILES string of the molecule is CC(=O)N(c1nc(C=C2SC(=S)N(CC(=O)O)C2=O)cs1)c1ccccc1F. The number of carboxylic acids is 1. The highest BCUT2D eigenvalue weighted by Gasteiger charge is 2.33. The highest BCUT2D eigenvalue weighted by Crippen LogP contribution is 2.35. The molecule has 1 fully saturated rings. The van der Waals surface area contributed by atoms with Crippen LogP contribution in [-0.4, -0.2) is 43.6 Å². The molecule has 2 amide bonds. The van der Waals surface area contributed by atoms with Crippen LogP contribution in [0.5, 0.6) is 0 Å². The molecule has 0 unspecified atom stereocenters. The summed E-state index contributed by atoms with van der Waals surface area (Å²) >= 11 is 7.12. The molecule has 28 heavy (non-hydrogen) atoms. The van der Waals surface area contributed by atoms with Gasteiger partial charge in [-0.25, -0.2) is 9.37 Å². The van der Waals surface area contributed by atoms with Crippen LogP contribution in [-0.2, 0) is 14.4 Å². The molecule has 1 aromatic heterocycles. The Morgan fingerprint density at radius 1 is 1.39 bits per heavy atom. The van der Waals surface area contributed by atoms with E-state index in [2.05, 4.69) is 4.98 Å². The zero-order valence-corrected chi connectivity index (χ0v) is 16.7. The maximum absolute atomic E-state index is 14.1. The van der Waals surface area contributed by atoms with Crippen LogP contribution in [0.15, 0.2) is 34.6 Å². The Labute approximate surface area is 172 Å². The van der Waals surface area contributed by atoms with Crippen LogP contribution in [0.1, 0.15) is 12.6 Å². The van der Waals surface area contributed by atoms with Gasteiger partial charge in [-0.1, -0.05) is 36.1 Å². The lowest BCUT2D eigenvalue weighted by molar-refractivity contribution is -0.140. The fraction of sp³-hybridized carbons (Fsp3) is 0.118. The van der Waals surface area contributed by atoms with Gasteiger partial charge < -0.3 is 5.11 Å². The molecule has 1 saturated heterocycles. The second kappa shape index (κ2) is 8.17. The van der Waals surface area contributed by atoms with Gasteiger partial charge in [0, 0.05) is 12.3 Å². The number of carboxylic acid groups (broad SMARTS) is 1. The van der Waals surface area contributed by atoms with Crippen molar-refractivity contribution in [2.45, 2.75) is 6.92 Å². The number of anilines is 2. The van der Waals surface area contributed by atoms with Crippen molar-refractivity contribution in [2.24, 2.45) is 0 Å². The molecule has 0 saturated carbocycles. The highest BCUT2D eigenvalue weighted by molar-refractivity contribution is 8.26. The van der Waals surface area contributed by atoms with E-state index in [4.69, 9.17) is 17.3 Å². The summed E-state index contributed by atoms with van der Waals surface area (Å²) in [6.07, 6.45) is 1.46. The van der Waals surface area contributed by atoms with E-state index in [1.165, 1.54) is 31.2 Å². The van der Waals surface area contributed by atoms with Gasteiger partial charge in [0.1, 0.15) is 16.7 Å². The predicted octanol–water partition coefficient (Wildman–Crippen LogP) is 3.25. The molecule has 1 N–H and O–H groups in total. The van der Waals surface area contributed by atoms with Crippen molar-refractivity contribution in [3.63, 3.8) is 0 Å². The van der Waals surface area contributed by atoms with Gasteiger partial charge in [0.2, 0.25) is 5.91 Å². The molecule has 11 heteroatoms. The van der Waals surface area contributed by atoms with Crippen molar-refractivity contribution in [3.05, 3.63) is 46.1 Å². The van der Waals surface area contributed by atoms with Gasteiger partial charge in [-0.3, -0.25) is 24.2 Å². The Bertz CT molecular complexity index is 1020. The van der Waals surface area contributed by atoms with Gasteiger partial charge in [-0.15, -0.1) is 11.3 Å². The second-order valence-electron chi connectivity index (χ2n) is 5.52. The number of carbonyl (C=O) groups excluding carboxylic acids is 2. The molecule has 1 aliphatic heterocycles. The number of aromatic nitrogens is 1. The molecule has 0 spiro atoms. The van der Waals surface area contributed by atoms with Crippen molar-refractivity contribution in [1.82, 2.24) is 9.88 Å². The molecule has 0 radical (unpaired) electrons. The minimum atomic E-state index is -1.17. The van der Waals surface area contributed by atoms with E-state index in [1.807, 2.05) is 0 Å². The molecule has 1 aliphatic rings. The fourth-order valence-electron chi connectivity index (χ4n) is 2.39. The van der Waals surface area contributed by atoms with E-state index >= 15 is 0 Å². The number of thiazole rings is 1. The largest absolute Gasteiger partial charge is 0.480 e. The summed E-state index contributed by atoms with van der Waals surface area (Å²) in [5, 5.41) is 10.7. The normalized spacial score (nSPS) is 15.4. The third kappa shape index (κ3) is 4.11. The number of thioether (sulfide) groups is 1. The Balaban J connectivity index is 1.89. The second-order valence-corrected chi connectivity index (χ2v) is 8.03. The number of rotatable bonds is 5. The molecule has 1 aromatic carbocycles. The topological polar surface area (TPSA) is 90.8 Å². The van der Waals surface area contributed by atoms with Crippen LogP contribution in [0.2, 0.25) is 0 Å². The number of nitrogens with zero attached hydrogens (tertiary/aromatic N) is 3. The number of aliphatic carboxylic acids is 1. The maximum atomic E-state index is 14.1. The first-order chi connectivity index (χ1) is 13.3. The number of carbonyl (C=O) groups is 3. The molecule has 2 aromatic rings. The lowest BCUT2D eigenvalue weighted by Gasteiger charge is -2.18. The van der Waals surface area contributed by atoms with Crippen LogP contribution in [0.3, 0.4) is 0 Å². The first-order valence-corrected chi connectivity index (χ1v) is 9.86. The molecule has 144 valence electrons. The van der Waals surface area contributed by atoms with Crippen LogP contribution in [0.25, 0.3) is 6.08 Å². The van der Waals surface area contributed by atoms with Gasteiger partial charge in [-0.2, -0.15) is 0 Å². The summed E-state index contributed by atoms with van der Waals surface area (Å²) in [5.41, 5.74) is 0.446. The Hall–Kier alpha value is -2.63. The maximum Gasteiger partial charge on any atom is 0.323 e. The summed E-state index contributed by atoms with van der Waals surface area (Å²) in [7, 11) is 0. The van der Waals surface area contributed by atoms with E-state index in [0.717, 1.165) is 32.9 Å². The van der Waals surface area contributed by atoms with Crippen molar-refractivity contribution >= 4 is 74.3 Å². The van der Waals surface area contributed by atoms with Gasteiger partial charge >= 0.3 is 5.97 Å². The van der Waals surface area contributed by atoms with E-state index in [9.17, 15) is 18.8 Å². The summed E-state index contributed by atoms with van der Waals surface area (Å²) in [6, 6.07) is 5.84. The molecule has 3 rings (SSSR count). The van der Waals surface area contributed by atoms with Crippen LogP contribution in [0.4, 0.5) is 15.2 Å². The van der Waals surface area contributed by atoms with Crippen molar-refractivity contribution in [2.75, 3.05) is 11.4 Å². The molecule has 0 aliphatic carbocycles. The van der Waals surface area contributed by atoms with E-state index in [1.54, 1.807) is 11.4 Å². The predicted molar refractivity (Wildman–Crippen MR) is 109 cm³/mol. The standard InChI is InChI=1S/C17H12FN3O4S3/c1-9(22)21(12-5-3-2-4-11(12)18)16-19-10(8-27-16)6-13-15(25)20(7-14(23)24)17(26)28-13/h2-6,8H,7H2,1H3,(H,23,24). The number of amides is 2. The number of para-hydroxylation sites is 1. The number of hydrogen-bond donors (Lipinski definition) is 1. The summed E-state index contributed by atoms with van der Waals surface area (Å²) in [4.78, 5) is 41.9. The van der Waals surface area contributed by atoms with Gasteiger partial charge in [0.15, 0.2) is 5.13 Å². The van der Waals surface area contributed by atoms with Crippen molar-refractivity contribution in [3.8, 4) is 0 Å². The van der Waals surface area contributed by atoms with Gasteiger partial charge in [0.05, 0.1) is 16.3 Å². The minimum absolute atomic E-state index is 0.0729. The van der Waals surface area contributed by atoms with Crippen LogP contribution >= 0.6 is 35.3 Å². The number of benzene rings is 1. The zero-order chi connectivity index (χ0) is 20.4. The minimum Gasteiger partial charge on any atom is -0.480 e. The average Bonchev–Trinajstić information content (AvgIpc) is 3.17. The molecule has 7 nitrogen and oxygen atoms in total.